The molecule has 2 rings (SSSR count). The monoisotopic (exact) mass is 288 g/mol. The molecule has 2 aromatic rings. The van der Waals surface area contributed by atoms with Crippen LogP contribution in [0.4, 0.5) is 5.69 Å². The molecular formula is C14H12N2O5. The molecule has 21 heavy (non-hydrogen) atoms. The van der Waals surface area contributed by atoms with E-state index in [0.717, 1.165) is 0 Å². The average Bonchev–Trinajstić information content (AvgIpc) is 2.47. The lowest BCUT2D eigenvalue weighted by Gasteiger charge is -2.09. The van der Waals surface area contributed by atoms with Crippen LogP contribution in [0.15, 0.2) is 36.5 Å². The van der Waals surface area contributed by atoms with Crippen molar-refractivity contribution in [3.8, 4) is 17.4 Å². The van der Waals surface area contributed by atoms with E-state index >= 15 is 0 Å². The maximum atomic E-state index is 11.5. The zero-order valence-corrected chi connectivity index (χ0v) is 11.4. The number of ether oxygens (including phenoxy) is 2. The highest BCUT2D eigenvalue weighted by molar-refractivity contribution is 5.96. The van der Waals surface area contributed by atoms with Crippen LogP contribution in [-0.4, -0.2) is 22.8 Å². The summed E-state index contributed by atoms with van der Waals surface area (Å²) in [6.45, 7) is 1.36. The normalized spacial score (nSPS) is 10.0. The summed E-state index contributed by atoms with van der Waals surface area (Å²) in [6.07, 6.45) is 1.44. The lowest BCUT2D eigenvalue weighted by molar-refractivity contribution is -0.385. The predicted molar refractivity (Wildman–Crippen MR) is 74.0 cm³/mol. The standard InChI is InChI=1S/C14H12N2O5/c1-9(17)11-4-3-7-15-14(11)21-13-8-10(20-2)5-6-12(13)16(18)19/h3-8H,1-2H3. The van der Waals surface area contributed by atoms with E-state index in [9.17, 15) is 14.9 Å². The van der Waals surface area contributed by atoms with E-state index in [2.05, 4.69) is 4.98 Å². The number of nitro benzene ring substituents is 1. The highest BCUT2D eigenvalue weighted by Gasteiger charge is 2.19. The van der Waals surface area contributed by atoms with Crippen molar-refractivity contribution < 1.29 is 19.2 Å². The topological polar surface area (TPSA) is 91.6 Å². The number of nitrogens with zero attached hydrogens (tertiary/aromatic N) is 2. The summed E-state index contributed by atoms with van der Waals surface area (Å²) in [6, 6.07) is 7.22. The maximum Gasteiger partial charge on any atom is 0.311 e. The van der Waals surface area contributed by atoms with Gasteiger partial charge in [-0.25, -0.2) is 4.98 Å². The van der Waals surface area contributed by atoms with Crippen molar-refractivity contribution in [2.24, 2.45) is 0 Å². The van der Waals surface area contributed by atoms with Gasteiger partial charge in [0.05, 0.1) is 17.6 Å². The molecular weight excluding hydrogens is 276 g/mol. The van der Waals surface area contributed by atoms with Crippen LogP contribution in [0.1, 0.15) is 17.3 Å². The van der Waals surface area contributed by atoms with Crippen LogP contribution in [0.3, 0.4) is 0 Å². The summed E-state index contributed by atoms with van der Waals surface area (Å²) in [7, 11) is 1.44. The maximum absolute atomic E-state index is 11.5. The number of carbonyl (C=O) groups excluding carboxylic acids is 1. The Balaban J connectivity index is 2.48. The minimum absolute atomic E-state index is 0.0151. The molecule has 0 saturated carbocycles. The van der Waals surface area contributed by atoms with E-state index in [1.165, 1.54) is 44.5 Å². The molecule has 7 heteroatoms. The van der Waals surface area contributed by atoms with Crippen LogP contribution in [0.2, 0.25) is 0 Å². The molecule has 108 valence electrons. The summed E-state index contributed by atoms with van der Waals surface area (Å²) in [5.74, 6) is 0.126. The highest BCUT2D eigenvalue weighted by Crippen LogP contribution is 2.34. The van der Waals surface area contributed by atoms with Gasteiger partial charge < -0.3 is 9.47 Å². The number of carbonyl (C=O) groups is 1. The molecule has 0 N–H and O–H groups in total. The molecule has 0 aliphatic carbocycles. The number of rotatable bonds is 5. The first-order chi connectivity index (χ1) is 10.0. The van der Waals surface area contributed by atoms with E-state index in [1.807, 2.05) is 0 Å². The Labute approximate surface area is 120 Å². The highest BCUT2D eigenvalue weighted by atomic mass is 16.6. The van der Waals surface area contributed by atoms with Crippen molar-refractivity contribution in [3.63, 3.8) is 0 Å². The summed E-state index contributed by atoms with van der Waals surface area (Å²) in [5.41, 5.74) is 0.00516. The van der Waals surface area contributed by atoms with Gasteiger partial charge in [-0.3, -0.25) is 14.9 Å². The zero-order valence-electron chi connectivity index (χ0n) is 11.4. The number of aromatic nitrogens is 1. The van der Waals surface area contributed by atoms with Crippen molar-refractivity contribution in [1.29, 1.82) is 0 Å². The molecule has 7 nitrogen and oxygen atoms in total. The largest absolute Gasteiger partial charge is 0.497 e. The van der Waals surface area contributed by atoms with E-state index in [4.69, 9.17) is 9.47 Å². The van der Waals surface area contributed by atoms with E-state index in [1.54, 1.807) is 6.07 Å². The minimum atomic E-state index is -0.578. The molecule has 1 aromatic carbocycles. The minimum Gasteiger partial charge on any atom is -0.497 e. The van der Waals surface area contributed by atoms with Crippen molar-refractivity contribution >= 4 is 11.5 Å². The third-order valence-corrected chi connectivity index (χ3v) is 2.72. The molecule has 0 aliphatic heterocycles. The number of pyridine rings is 1. The Morgan fingerprint density at radius 1 is 1.33 bits per heavy atom. The second kappa shape index (κ2) is 6.00. The van der Waals surface area contributed by atoms with Gasteiger partial charge in [0.15, 0.2) is 5.78 Å². The third-order valence-electron chi connectivity index (χ3n) is 2.72. The van der Waals surface area contributed by atoms with Crippen LogP contribution in [0.25, 0.3) is 0 Å². The lowest BCUT2D eigenvalue weighted by atomic mass is 10.2. The van der Waals surface area contributed by atoms with Crippen molar-refractivity contribution in [2.45, 2.75) is 6.92 Å². The van der Waals surface area contributed by atoms with Crippen LogP contribution in [-0.2, 0) is 0 Å². The number of benzene rings is 1. The second-order valence-corrected chi connectivity index (χ2v) is 4.11. The molecule has 0 atom stereocenters. The van der Waals surface area contributed by atoms with Crippen LogP contribution in [0.5, 0.6) is 17.4 Å². The fraction of sp³-hybridized carbons (Fsp3) is 0.143. The molecule has 0 aliphatic rings. The Morgan fingerprint density at radius 3 is 2.71 bits per heavy atom. The Kier molecular flexibility index (Phi) is 4.13. The summed E-state index contributed by atoms with van der Waals surface area (Å²) in [5, 5.41) is 11.0. The van der Waals surface area contributed by atoms with Crippen molar-refractivity contribution in [3.05, 3.63) is 52.2 Å². The molecule has 1 aromatic heterocycles. The number of methoxy groups -OCH3 is 1. The van der Waals surface area contributed by atoms with Gasteiger partial charge in [0.1, 0.15) is 5.75 Å². The zero-order chi connectivity index (χ0) is 15.4. The number of hydrogen-bond acceptors (Lipinski definition) is 6. The van der Waals surface area contributed by atoms with Gasteiger partial charge in [0.25, 0.3) is 0 Å². The van der Waals surface area contributed by atoms with E-state index < -0.39 is 4.92 Å². The average molecular weight is 288 g/mol. The molecule has 0 radical (unpaired) electrons. The fourth-order valence-corrected chi connectivity index (χ4v) is 1.70. The van der Waals surface area contributed by atoms with Crippen molar-refractivity contribution in [2.75, 3.05) is 7.11 Å². The van der Waals surface area contributed by atoms with Crippen molar-refractivity contribution in [1.82, 2.24) is 4.98 Å². The van der Waals surface area contributed by atoms with Gasteiger partial charge in [-0.05, 0) is 25.1 Å². The fourth-order valence-electron chi connectivity index (χ4n) is 1.70. The van der Waals surface area contributed by atoms with Gasteiger partial charge in [-0.1, -0.05) is 0 Å². The number of nitro groups is 1. The molecule has 1 heterocycles. The summed E-state index contributed by atoms with van der Waals surface area (Å²) < 4.78 is 10.5. The van der Waals surface area contributed by atoms with Gasteiger partial charge in [-0.2, -0.15) is 0 Å². The quantitative estimate of drug-likeness (QED) is 0.477. The second-order valence-electron chi connectivity index (χ2n) is 4.11. The molecule has 0 bridgehead atoms. The molecule has 0 unspecified atom stereocenters. The van der Waals surface area contributed by atoms with Crippen LogP contribution >= 0.6 is 0 Å². The Hall–Kier alpha value is -2.96. The SMILES string of the molecule is COc1ccc([N+](=O)[O-])c(Oc2ncccc2C(C)=O)c1. The van der Waals surface area contributed by atoms with E-state index in [0.29, 0.717) is 5.75 Å². The number of ketones is 1. The van der Waals surface area contributed by atoms with Gasteiger partial charge >= 0.3 is 5.69 Å². The number of hydrogen-bond donors (Lipinski definition) is 0. The van der Waals surface area contributed by atoms with Crippen LogP contribution < -0.4 is 9.47 Å². The Morgan fingerprint density at radius 2 is 2.10 bits per heavy atom. The summed E-state index contributed by atoms with van der Waals surface area (Å²) in [4.78, 5) is 25.9. The smallest absolute Gasteiger partial charge is 0.311 e. The van der Waals surface area contributed by atoms with Gasteiger partial charge in [0.2, 0.25) is 11.6 Å². The molecule has 0 saturated heterocycles. The molecule has 0 spiro atoms. The first-order valence-corrected chi connectivity index (χ1v) is 5.99. The Bertz CT molecular complexity index is 700. The first-order valence-electron chi connectivity index (χ1n) is 5.99. The lowest BCUT2D eigenvalue weighted by Crippen LogP contribution is -2.01. The van der Waals surface area contributed by atoms with Gasteiger partial charge in [0, 0.05) is 18.3 Å². The first kappa shape index (κ1) is 14.4. The third kappa shape index (κ3) is 3.14. The van der Waals surface area contributed by atoms with Crippen LogP contribution in [0, 0.1) is 10.1 Å². The summed E-state index contributed by atoms with van der Waals surface area (Å²) >= 11 is 0. The predicted octanol–water partition coefficient (Wildman–Crippen LogP) is 2.99. The number of Topliss-reactive ketones (excluding diaryl/α,β-unsaturated/α-hetero) is 1. The van der Waals surface area contributed by atoms with Gasteiger partial charge in [-0.15, -0.1) is 0 Å². The molecule has 0 amide bonds. The van der Waals surface area contributed by atoms with E-state index in [-0.39, 0.29) is 28.7 Å². The molecule has 0 fully saturated rings.